The van der Waals surface area contributed by atoms with Crippen molar-refractivity contribution < 1.29 is 14.3 Å². The van der Waals surface area contributed by atoms with Crippen molar-refractivity contribution in [2.75, 3.05) is 79.3 Å². The number of ether oxygens (including phenoxy) is 2. The second-order valence-electron chi connectivity index (χ2n) is 7.72. The fraction of sp³-hybridized carbons (Fsp3) is 0.900. The average Bonchev–Trinajstić information content (AvgIpc) is 3.46. The van der Waals surface area contributed by atoms with Gasteiger partial charge in [0.25, 0.3) is 0 Å². The molecule has 0 unspecified atom stereocenters. The fourth-order valence-electron chi connectivity index (χ4n) is 3.43. The number of aliphatic imine (C=N–C) groups is 1. The summed E-state index contributed by atoms with van der Waals surface area (Å²) in [7, 11) is 1.64. The molecule has 1 saturated carbocycles. The van der Waals surface area contributed by atoms with Gasteiger partial charge in [0.05, 0.1) is 13.2 Å². The van der Waals surface area contributed by atoms with Gasteiger partial charge < -0.3 is 25.0 Å². The highest BCUT2D eigenvalue weighted by Crippen LogP contribution is 2.49. The number of hydrogen-bond acceptors (Lipinski definition) is 5. The molecule has 8 nitrogen and oxygen atoms in total. The number of nitrogens with one attached hydrogen (secondary N) is 2. The zero-order valence-corrected chi connectivity index (χ0v) is 18.0. The first-order chi connectivity index (χ1) is 13.6. The third kappa shape index (κ3) is 7.93. The molecule has 2 rings (SSSR count). The molecule has 2 aliphatic rings. The van der Waals surface area contributed by atoms with Crippen LogP contribution in [0, 0.1) is 5.41 Å². The molecule has 0 radical (unpaired) electrons. The standard InChI is InChI=1S/C20H39N5O3/c1-4-21-19(23-17-20(6-7-20)8-14-28-5-2)25-12-10-24(11-13-25)16-18(26)22-9-15-27-3/h4-17H2,1-3H3,(H,21,23)(H,22,26). The predicted molar refractivity (Wildman–Crippen MR) is 112 cm³/mol. The van der Waals surface area contributed by atoms with Crippen molar-refractivity contribution in [1.29, 1.82) is 0 Å². The maximum Gasteiger partial charge on any atom is 0.234 e. The Bertz CT molecular complexity index is 488. The lowest BCUT2D eigenvalue weighted by molar-refractivity contribution is -0.122. The summed E-state index contributed by atoms with van der Waals surface area (Å²) in [5.41, 5.74) is 0.359. The van der Waals surface area contributed by atoms with Crippen LogP contribution in [-0.2, 0) is 14.3 Å². The van der Waals surface area contributed by atoms with Crippen LogP contribution in [0.2, 0.25) is 0 Å². The average molecular weight is 398 g/mol. The van der Waals surface area contributed by atoms with Gasteiger partial charge in [-0.25, -0.2) is 0 Å². The number of rotatable bonds is 12. The highest BCUT2D eigenvalue weighted by Gasteiger charge is 2.42. The van der Waals surface area contributed by atoms with Gasteiger partial charge in [-0.15, -0.1) is 0 Å². The number of guanidine groups is 1. The van der Waals surface area contributed by atoms with Crippen LogP contribution in [0.25, 0.3) is 0 Å². The van der Waals surface area contributed by atoms with Gasteiger partial charge >= 0.3 is 0 Å². The summed E-state index contributed by atoms with van der Waals surface area (Å²) in [6.07, 6.45) is 3.62. The van der Waals surface area contributed by atoms with E-state index in [0.717, 1.165) is 64.9 Å². The second kappa shape index (κ2) is 12.2. The maximum absolute atomic E-state index is 12.0. The topological polar surface area (TPSA) is 78.4 Å². The van der Waals surface area contributed by atoms with Crippen LogP contribution < -0.4 is 10.6 Å². The molecule has 0 aromatic rings. The lowest BCUT2D eigenvalue weighted by Gasteiger charge is -2.36. The van der Waals surface area contributed by atoms with Crippen molar-refractivity contribution in [3.63, 3.8) is 0 Å². The molecule has 8 heteroatoms. The molecular formula is C20H39N5O3. The Morgan fingerprint density at radius 1 is 1.11 bits per heavy atom. The van der Waals surface area contributed by atoms with Gasteiger partial charge in [-0.1, -0.05) is 0 Å². The van der Waals surface area contributed by atoms with Crippen LogP contribution in [0.15, 0.2) is 4.99 Å². The lowest BCUT2D eigenvalue weighted by atomic mass is 10.0. The third-order valence-electron chi connectivity index (χ3n) is 5.50. The number of nitrogens with zero attached hydrogens (tertiary/aromatic N) is 3. The largest absolute Gasteiger partial charge is 0.383 e. The molecule has 1 amide bonds. The number of hydrogen-bond donors (Lipinski definition) is 2. The first-order valence-corrected chi connectivity index (χ1v) is 10.7. The Hall–Kier alpha value is -1.38. The van der Waals surface area contributed by atoms with Crippen molar-refractivity contribution in [3.05, 3.63) is 0 Å². The normalized spacial score (nSPS) is 19.5. The van der Waals surface area contributed by atoms with Crippen molar-refractivity contribution in [3.8, 4) is 0 Å². The Kier molecular flexibility index (Phi) is 10.0. The van der Waals surface area contributed by atoms with E-state index < -0.39 is 0 Å². The number of amides is 1. The zero-order valence-electron chi connectivity index (χ0n) is 18.0. The van der Waals surface area contributed by atoms with Crippen LogP contribution >= 0.6 is 0 Å². The number of methoxy groups -OCH3 is 1. The van der Waals surface area contributed by atoms with Crippen LogP contribution in [0.1, 0.15) is 33.1 Å². The first-order valence-electron chi connectivity index (χ1n) is 10.7. The number of carbonyl (C=O) groups is 1. The number of piperazine rings is 1. The predicted octanol–water partition coefficient (Wildman–Crippen LogP) is 0.539. The van der Waals surface area contributed by atoms with Crippen molar-refractivity contribution in [2.45, 2.75) is 33.1 Å². The SMILES string of the molecule is CCNC(=NCC1(CCOCC)CC1)N1CCN(CC(=O)NCCOC)CC1. The van der Waals surface area contributed by atoms with E-state index >= 15 is 0 Å². The van der Waals surface area contributed by atoms with E-state index in [-0.39, 0.29) is 5.91 Å². The molecule has 1 aliphatic carbocycles. The van der Waals surface area contributed by atoms with Gasteiger partial charge in [0.15, 0.2) is 5.96 Å². The second-order valence-corrected chi connectivity index (χ2v) is 7.72. The van der Waals surface area contributed by atoms with Crippen molar-refractivity contribution in [2.24, 2.45) is 10.4 Å². The minimum Gasteiger partial charge on any atom is -0.383 e. The van der Waals surface area contributed by atoms with Crippen LogP contribution in [0.4, 0.5) is 0 Å². The summed E-state index contributed by atoms with van der Waals surface area (Å²) in [5.74, 6) is 1.07. The van der Waals surface area contributed by atoms with E-state index in [4.69, 9.17) is 14.5 Å². The fourth-order valence-corrected chi connectivity index (χ4v) is 3.43. The van der Waals surface area contributed by atoms with Crippen molar-refractivity contribution >= 4 is 11.9 Å². The molecule has 0 aromatic carbocycles. The summed E-state index contributed by atoms with van der Waals surface area (Å²) < 4.78 is 10.5. The highest BCUT2D eigenvalue weighted by molar-refractivity contribution is 5.80. The van der Waals surface area contributed by atoms with Crippen molar-refractivity contribution in [1.82, 2.24) is 20.4 Å². The summed E-state index contributed by atoms with van der Waals surface area (Å²) in [6.45, 7) is 12.6. The van der Waals surface area contributed by atoms with Crippen LogP contribution in [0.3, 0.4) is 0 Å². The van der Waals surface area contributed by atoms with E-state index in [1.807, 2.05) is 6.92 Å². The molecule has 0 spiro atoms. The third-order valence-corrected chi connectivity index (χ3v) is 5.50. The monoisotopic (exact) mass is 397 g/mol. The Labute approximate surface area is 170 Å². The molecular weight excluding hydrogens is 358 g/mol. The van der Waals surface area contributed by atoms with Gasteiger partial charge in [0.2, 0.25) is 5.91 Å². The van der Waals surface area contributed by atoms with Gasteiger partial charge in [0, 0.05) is 66.1 Å². The van der Waals surface area contributed by atoms with E-state index in [0.29, 0.717) is 25.1 Å². The Morgan fingerprint density at radius 3 is 2.46 bits per heavy atom. The minimum absolute atomic E-state index is 0.0658. The molecule has 0 bridgehead atoms. The maximum atomic E-state index is 12.0. The van der Waals surface area contributed by atoms with Gasteiger partial charge in [-0.2, -0.15) is 0 Å². The van der Waals surface area contributed by atoms with E-state index in [9.17, 15) is 4.79 Å². The van der Waals surface area contributed by atoms with Gasteiger partial charge in [0.1, 0.15) is 0 Å². The van der Waals surface area contributed by atoms with E-state index in [1.54, 1.807) is 7.11 Å². The molecule has 28 heavy (non-hydrogen) atoms. The Morgan fingerprint density at radius 2 is 1.86 bits per heavy atom. The molecule has 0 aromatic heterocycles. The molecule has 2 fully saturated rings. The lowest BCUT2D eigenvalue weighted by Crippen LogP contribution is -2.54. The Balaban J connectivity index is 1.76. The van der Waals surface area contributed by atoms with Gasteiger partial charge in [-0.05, 0) is 38.5 Å². The number of carbonyl (C=O) groups excluding carboxylic acids is 1. The van der Waals surface area contributed by atoms with E-state index in [2.05, 4.69) is 27.4 Å². The quantitative estimate of drug-likeness (QED) is 0.284. The summed E-state index contributed by atoms with van der Waals surface area (Å²) in [5, 5.41) is 6.33. The van der Waals surface area contributed by atoms with E-state index in [1.165, 1.54) is 12.8 Å². The molecule has 1 heterocycles. The molecule has 1 saturated heterocycles. The summed E-state index contributed by atoms with van der Waals surface area (Å²) in [4.78, 5) is 21.4. The molecule has 162 valence electrons. The summed E-state index contributed by atoms with van der Waals surface area (Å²) in [6, 6.07) is 0. The highest BCUT2D eigenvalue weighted by atomic mass is 16.5. The molecule has 2 N–H and O–H groups in total. The molecule has 0 atom stereocenters. The smallest absolute Gasteiger partial charge is 0.234 e. The molecule has 1 aliphatic heterocycles. The van der Waals surface area contributed by atoms with Crippen LogP contribution in [-0.4, -0.2) is 101 Å². The zero-order chi connectivity index (χ0) is 20.2. The van der Waals surface area contributed by atoms with Crippen LogP contribution in [0.5, 0.6) is 0 Å². The summed E-state index contributed by atoms with van der Waals surface area (Å²) >= 11 is 0. The minimum atomic E-state index is 0.0658. The first kappa shape index (κ1) is 22.9. The van der Waals surface area contributed by atoms with Gasteiger partial charge in [-0.3, -0.25) is 14.7 Å².